The maximum absolute atomic E-state index is 14.0. The molecule has 0 aliphatic carbocycles. The lowest BCUT2D eigenvalue weighted by Crippen LogP contribution is -2.10. The molecule has 0 radical (unpaired) electrons. The highest BCUT2D eigenvalue weighted by Gasteiger charge is 2.13. The number of halogens is 2. The number of hydrogen-bond acceptors (Lipinski definition) is 3. The molecule has 0 N–H and O–H groups in total. The summed E-state index contributed by atoms with van der Waals surface area (Å²) in [6, 6.07) is 8.82. The van der Waals surface area contributed by atoms with Crippen LogP contribution in [0.25, 0.3) is 0 Å². The van der Waals surface area contributed by atoms with Gasteiger partial charge in [-0.05, 0) is 71.3 Å². The van der Waals surface area contributed by atoms with Crippen LogP contribution in [-0.4, -0.2) is 13.1 Å². The highest BCUT2D eigenvalue weighted by Crippen LogP contribution is 2.25. The van der Waals surface area contributed by atoms with Gasteiger partial charge in [0.1, 0.15) is 6.61 Å². The van der Waals surface area contributed by atoms with Crippen molar-refractivity contribution in [3.8, 4) is 5.75 Å². The van der Waals surface area contributed by atoms with Gasteiger partial charge in [-0.25, -0.2) is 4.39 Å². The Bertz CT molecular complexity index is 728. The van der Waals surface area contributed by atoms with Crippen LogP contribution in [0.4, 0.5) is 4.39 Å². The van der Waals surface area contributed by atoms with Crippen LogP contribution in [0.1, 0.15) is 22.3 Å². The van der Waals surface area contributed by atoms with Gasteiger partial charge in [-0.15, -0.1) is 0 Å². The van der Waals surface area contributed by atoms with Gasteiger partial charge in [0, 0.05) is 9.13 Å². The zero-order chi connectivity index (χ0) is 17.0. The molecule has 0 aromatic heterocycles. The van der Waals surface area contributed by atoms with Crippen molar-refractivity contribution in [2.75, 3.05) is 7.11 Å². The first-order valence-electron chi connectivity index (χ1n) is 7.15. The van der Waals surface area contributed by atoms with E-state index in [-0.39, 0.29) is 30.6 Å². The van der Waals surface area contributed by atoms with E-state index in [0.29, 0.717) is 0 Å². The summed E-state index contributed by atoms with van der Waals surface area (Å²) in [4.78, 5) is 11.5. The van der Waals surface area contributed by atoms with Crippen LogP contribution in [-0.2, 0) is 22.6 Å². The lowest BCUT2D eigenvalue weighted by Gasteiger charge is -2.14. The Morgan fingerprint density at radius 1 is 1.22 bits per heavy atom. The number of aryl methyl sites for hydroxylation is 2. The fraction of sp³-hybridized carbons (Fsp3) is 0.278. The van der Waals surface area contributed by atoms with E-state index in [1.165, 1.54) is 13.2 Å². The third-order valence-corrected chi connectivity index (χ3v) is 4.71. The molecule has 3 nitrogen and oxygen atoms in total. The Hall–Kier alpha value is -1.63. The summed E-state index contributed by atoms with van der Waals surface area (Å²) < 4.78 is 25.3. The summed E-state index contributed by atoms with van der Waals surface area (Å²) in [5.41, 5.74) is 3.55. The van der Waals surface area contributed by atoms with Crippen LogP contribution >= 0.6 is 22.6 Å². The molecule has 0 aliphatic heterocycles. The number of ether oxygens (including phenoxy) is 2. The number of benzene rings is 2. The van der Waals surface area contributed by atoms with Crippen molar-refractivity contribution < 1.29 is 18.7 Å². The lowest BCUT2D eigenvalue weighted by molar-refractivity contribution is -0.139. The van der Waals surface area contributed by atoms with Gasteiger partial charge in [-0.2, -0.15) is 0 Å². The molecule has 0 atom stereocenters. The SMILES string of the molecule is COC(=O)Cc1cccc(I)c1COc1cc(C)c(C)cc1F. The molecule has 0 spiro atoms. The average Bonchev–Trinajstić information content (AvgIpc) is 2.51. The summed E-state index contributed by atoms with van der Waals surface area (Å²) in [7, 11) is 1.36. The molecule has 0 aliphatic rings. The molecule has 0 heterocycles. The zero-order valence-electron chi connectivity index (χ0n) is 13.3. The van der Waals surface area contributed by atoms with Crippen molar-refractivity contribution in [3.63, 3.8) is 0 Å². The van der Waals surface area contributed by atoms with E-state index in [9.17, 15) is 9.18 Å². The zero-order valence-corrected chi connectivity index (χ0v) is 15.4. The molecule has 0 saturated carbocycles. The minimum Gasteiger partial charge on any atom is -0.486 e. The summed E-state index contributed by atoms with van der Waals surface area (Å²) in [6.07, 6.45) is 0.168. The largest absolute Gasteiger partial charge is 0.486 e. The molecule has 0 bridgehead atoms. The molecule has 2 aromatic carbocycles. The van der Waals surface area contributed by atoms with E-state index in [2.05, 4.69) is 22.6 Å². The Labute approximate surface area is 148 Å². The van der Waals surface area contributed by atoms with Gasteiger partial charge in [-0.3, -0.25) is 4.79 Å². The Balaban J connectivity index is 2.23. The third kappa shape index (κ3) is 4.43. The standard InChI is InChI=1S/C18H18FIO3/c1-11-7-15(19)17(8-12(11)2)23-10-14-13(9-18(21)22-3)5-4-6-16(14)20/h4-8H,9-10H2,1-3H3. The topological polar surface area (TPSA) is 35.5 Å². The van der Waals surface area contributed by atoms with E-state index >= 15 is 0 Å². The van der Waals surface area contributed by atoms with Crippen LogP contribution in [0.15, 0.2) is 30.3 Å². The minimum absolute atomic E-state index is 0.168. The van der Waals surface area contributed by atoms with Gasteiger partial charge < -0.3 is 9.47 Å². The second kappa shape index (κ2) is 7.77. The highest BCUT2D eigenvalue weighted by molar-refractivity contribution is 14.1. The van der Waals surface area contributed by atoms with Crippen molar-refractivity contribution in [2.24, 2.45) is 0 Å². The fourth-order valence-electron chi connectivity index (χ4n) is 2.17. The lowest BCUT2D eigenvalue weighted by atomic mass is 10.1. The predicted molar refractivity (Wildman–Crippen MR) is 95.1 cm³/mol. The molecule has 0 amide bonds. The second-order valence-electron chi connectivity index (χ2n) is 5.29. The molecule has 122 valence electrons. The average molecular weight is 428 g/mol. The van der Waals surface area contributed by atoms with Crippen molar-refractivity contribution in [3.05, 3.63) is 62.0 Å². The molecule has 23 heavy (non-hydrogen) atoms. The number of rotatable bonds is 5. The predicted octanol–water partition coefficient (Wildman–Crippen LogP) is 4.34. The first-order chi connectivity index (χ1) is 10.9. The van der Waals surface area contributed by atoms with E-state index in [0.717, 1.165) is 25.8 Å². The molecule has 5 heteroatoms. The molecule has 0 unspecified atom stereocenters. The third-order valence-electron chi connectivity index (χ3n) is 3.70. The number of methoxy groups -OCH3 is 1. The second-order valence-corrected chi connectivity index (χ2v) is 6.45. The number of esters is 1. The number of hydrogen-bond donors (Lipinski definition) is 0. The fourth-order valence-corrected chi connectivity index (χ4v) is 2.88. The van der Waals surface area contributed by atoms with E-state index in [4.69, 9.17) is 9.47 Å². The molecular weight excluding hydrogens is 410 g/mol. The van der Waals surface area contributed by atoms with Crippen LogP contribution in [0.5, 0.6) is 5.75 Å². The van der Waals surface area contributed by atoms with Crippen molar-refractivity contribution in [1.29, 1.82) is 0 Å². The Kier molecular flexibility index (Phi) is 5.98. The number of carbonyl (C=O) groups is 1. The highest BCUT2D eigenvalue weighted by atomic mass is 127. The van der Waals surface area contributed by atoms with Crippen molar-refractivity contribution in [1.82, 2.24) is 0 Å². The maximum Gasteiger partial charge on any atom is 0.309 e. The van der Waals surface area contributed by atoms with Crippen molar-refractivity contribution in [2.45, 2.75) is 26.9 Å². The van der Waals surface area contributed by atoms with Gasteiger partial charge in [0.25, 0.3) is 0 Å². The molecule has 0 fully saturated rings. The van der Waals surface area contributed by atoms with Gasteiger partial charge in [-0.1, -0.05) is 12.1 Å². The summed E-state index contributed by atoms with van der Waals surface area (Å²) in [5.74, 6) is -0.476. The monoisotopic (exact) mass is 428 g/mol. The van der Waals surface area contributed by atoms with Gasteiger partial charge in [0.05, 0.1) is 13.5 Å². The quantitative estimate of drug-likeness (QED) is 0.525. The van der Waals surface area contributed by atoms with E-state index in [1.807, 2.05) is 32.0 Å². The van der Waals surface area contributed by atoms with Crippen molar-refractivity contribution >= 4 is 28.6 Å². The number of carbonyl (C=O) groups excluding carboxylic acids is 1. The van der Waals surface area contributed by atoms with Crippen LogP contribution in [0, 0.1) is 23.2 Å². The summed E-state index contributed by atoms with van der Waals surface area (Å²) >= 11 is 2.18. The summed E-state index contributed by atoms with van der Waals surface area (Å²) in [5, 5.41) is 0. The Morgan fingerprint density at radius 2 is 1.91 bits per heavy atom. The molecule has 2 aromatic rings. The van der Waals surface area contributed by atoms with E-state index in [1.54, 1.807) is 6.07 Å². The Morgan fingerprint density at radius 3 is 2.61 bits per heavy atom. The smallest absolute Gasteiger partial charge is 0.309 e. The van der Waals surface area contributed by atoms with Crippen LogP contribution in [0.3, 0.4) is 0 Å². The van der Waals surface area contributed by atoms with Gasteiger partial charge in [0.15, 0.2) is 11.6 Å². The van der Waals surface area contributed by atoms with Gasteiger partial charge >= 0.3 is 5.97 Å². The van der Waals surface area contributed by atoms with E-state index < -0.39 is 0 Å². The van der Waals surface area contributed by atoms with Crippen LogP contribution < -0.4 is 4.74 Å². The first kappa shape index (κ1) is 17.7. The molecule has 0 saturated heterocycles. The summed E-state index contributed by atoms with van der Waals surface area (Å²) in [6.45, 7) is 3.97. The normalized spacial score (nSPS) is 10.5. The minimum atomic E-state index is -0.381. The molecule has 2 rings (SSSR count). The molecular formula is C18H18FIO3. The maximum atomic E-state index is 14.0. The van der Waals surface area contributed by atoms with Gasteiger partial charge in [0.2, 0.25) is 0 Å². The first-order valence-corrected chi connectivity index (χ1v) is 8.23. The van der Waals surface area contributed by atoms with Crippen LogP contribution in [0.2, 0.25) is 0 Å².